The second-order valence-electron chi connectivity index (χ2n) is 4.85. The molecule has 3 heteroatoms. The molecule has 1 saturated carbocycles. The predicted molar refractivity (Wildman–Crippen MR) is 75.2 cm³/mol. The fraction of sp³-hybridized carbons (Fsp3) is 0.571. The summed E-state index contributed by atoms with van der Waals surface area (Å²) in [4.78, 5) is 0. The van der Waals surface area contributed by atoms with Crippen LogP contribution in [-0.2, 0) is 0 Å². The summed E-state index contributed by atoms with van der Waals surface area (Å²) in [6.07, 6.45) is 8.07. The van der Waals surface area contributed by atoms with Crippen molar-refractivity contribution >= 4 is 21.6 Å². The zero-order valence-corrected chi connectivity index (χ0v) is 11.7. The maximum absolute atomic E-state index is 5.89. The van der Waals surface area contributed by atoms with Crippen LogP contribution in [-0.4, -0.2) is 6.61 Å². The van der Waals surface area contributed by atoms with Gasteiger partial charge in [-0.1, -0.05) is 41.6 Å². The van der Waals surface area contributed by atoms with E-state index in [2.05, 4.69) is 15.9 Å². The third-order valence-corrected chi connectivity index (χ3v) is 3.92. The summed E-state index contributed by atoms with van der Waals surface area (Å²) in [5.41, 5.74) is 6.61. The third-order valence-electron chi connectivity index (χ3n) is 3.42. The highest BCUT2D eigenvalue weighted by Crippen LogP contribution is 2.28. The molecule has 1 aromatic carbocycles. The smallest absolute Gasteiger partial charge is 0.143 e. The van der Waals surface area contributed by atoms with Crippen LogP contribution in [0.25, 0.3) is 0 Å². The number of anilines is 1. The number of benzene rings is 1. The molecule has 2 rings (SSSR count). The Morgan fingerprint density at radius 1 is 1.18 bits per heavy atom. The summed E-state index contributed by atoms with van der Waals surface area (Å²) in [6.45, 7) is 0.806. The quantitative estimate of drug-likeness (QED) is 0.664. The van der Waals surface area contributed by atoms with Crippen molar-refractivity contribution < 1.29 is 4.74 Å². The summed E-state index contributed by atoms with van der Waals surface area (Å²) in [5.74, 6) is 1.51. The third kappa shape index (κ3) is 3.91. The zero-order valence-electron chi connectivity index (χ0n) is 10.1. The van der Waals surface area contributed by atoms with Crippen LogP contribution in [0, 0.1) is 5.92 Å². The lowest BCUT2D eigenvalue weighted by molar-refractivity contribution is 0.234. The Morgan fingerprint density at radius 3 is 2.59 bits per heavy atom. The molecule has 0 radical (unpaired) electrons. The van der Waals surface area contributed by atoms with Crippen LogP contribution < -0.4 is 10.5 Å². The fourth-order valence-corrected chi connectivity index (χ4v) is 2.71. The second-order valence-corrected chi connectivity index (χ2v) is 5.77. The first-order valence-electron chi connectivity index (χ1n) is 6.43. The maximum atomic E-state index is 5.89. The molecule has 17 heavy (non-hydrogen) atoms. The summed E-state index contributed by atoms with van der Waals surface area (Å²) in [6, 6.07) is 5.77. The monoisotopic (exact) mass is 297 g/mol. The minimum Gasteiger partial charge on any atom is -0.491 e. The molecule has 0 bridgehead atoms. The lowest BCUT2D eigenvalue weighted by Gasteiger charge is -2.16. The van der Waals surface area contributed by atoms with Crippen LogP contribution in [0.15, 0.2) is 22.7 Å². The molecule has 1 fully saturated rings. The van der Waals surface area contributed by atoms with E-state index in [0.29, 0.717) is 5.92 Å². The molecule has 0 aliphatic heterocycles. The van der Waals surface area contributed by atoms with Crippen LogP contribution in [0.4, 0.5) is 5.69 Å². The molecule has 0 spiro atoms. The Labute approximate surface area is 112 Å². The molecule has 0 unspecified atom stereocenters. The Morgan fingerprint density at radius 2 is 1.88 bits per heavy atom. The molecule has 94 valence electrons. The van der Waals surface area contributed by atoms with E-state index in [1.807, 2.05) is 18.2 Å². The van der Waals surface area contributed by atoms with Gasteiger partial charge in [0.1, 0.15) is 5.75 Å². The highest BCUT2D eigenvalue weighted by Gasteiger charge is 2.13. The molecule has 2 N–H and O–H groups in total. The minimum absolute atomic E-state index is 0.705. The van der Waals surface area contributed by atoms with Gasteiger partial charge in [-0.2, -0.15) is 0 Å². The van der Waals surface area contributed by atoms with E-state index < -0.39 is 0 Å². The lowest BCUT2D eigenvalue weighted by atomic mass is 10.0. The normalized spacial score (nSPS) is 17.7. The molecule has 1 aliphatic carbocycles. The summed E-state index contributed by atoms with van der Waals surface area (Å²) in [5, 5.41) is 0. The number of nitrogen functional groups attached to an aromatic ring is 1. The van der Waals surface area contributed by atoms with Crippen LogP contribution in [0.2, 0.25) is 0 Å². The fourth-order valence-electron chi connectivity index (χ4n) is 2.37. The van der Waals surface area contributed by atoms with Crippen LogP contribution >= 0.6 is 15.9 Å². The molecule has 0 saturated heterocycles. The van der Waals surface area contributed by atoms with Crippen molar-refractivity contribution in [2.24, 2.45) is 5.92 Å². The van der Waals surface area contributed by atoms with Gasteiger partial charge in [0, 0.05) is 4.47 Å². The van der Waals surface area contributed by atoms with Gasteiger partial charge >= 0.3 is 0 Å². The molecular weight excluding hydrogens is 278 g/mol. The molecule has 0 aromatic heterocycles. The van der Waals surface area contributed by atoms with Crippen LogP contribution in [0.5, 0.6) is 5.75 Å². The van der Waals surface area contributed by atoms with E-state index in [1.165, 1.54) is 38.5 Å². The average molecular weight is 298 g/mol. The topological polar surface area (TPSA) is 35.2 Å². The van der Waals surface area contributed by atoms with Gasteiger partial charge in [-0.3, -0.25) is 0 Å². The number of rotatable bonds is 3. The Kier molecular flexibility index (Phi) is 4.72. The van der Waals surface area contributed by atoms with Crippen LogP contribution in [0.3, 0.4) is 0 Å². The zero-order chi connectivity index (χ0) is 12.1. The van der Waals surface area contributed by atoms with Gasteiger partial charge in [0.2, 0.25) is 0 Å². The minimum atomic E-state index is 0.705. The van der Waals surface area contributed by atoms with Crippen molar-refractivity contribution in [3.8, 4) is 5.75 Å². The number of ether oxygens (including phenoxy) is 1. The first-order valence-corrected chi connectivity index (χ1v) is 7.23. The molecule has 0 atom stereocenters. The summed E-state index contributed by atoms with van der Waals surface area (Å²) >= 11 is 3.44. The Hall–Kier alpha value is -0.700. The van der Waals surface area contributed by atoms with E-state index in [4.69, 9.17) is 10.5 Å². The van der Waals surface area contributed by atoms with E-state index in [0.717, 1.165) is 22.5 Å². The van der Waals surface area contributed by atoms with Crippen molar-refractivity contribution in [2.45, 2.75) is 38.5 Å². The maximum Gasteiger partial charge on any atom is 0.143 e. The molecule has 2 nitrogen and oxygen atoms in total. The van der Waals surface area contributed by atoms with Crippen molar-refractivity contribution in [1.82, 2.24) is 0 Å². The SMILES string of the molecule is Nc1ccc(Br)cc1OCC1CCCCCC1. The molecule has 1 aromatic rings. The van der Waals surface area contributed by atoms with E-state index in [-0.39, 0.29) is 0 Å². The number of hydrogen-bond acceptors (Lipinski definition) is 2. The van der Waals surface area contributed by atoms with Gasteiger partial charge in [-0.05, 0) is 37.0 Å². The van der Waals surface area contributed by atoms with Crippen molar-refractivity contribution in [2.75, 3.05) is 12.3 Å². The number of hydrogen-bond donors (Lipinski definition) is 1. The van der Waals surface area contributed by atoms with Gasteiger partial charge < -0.3 is 10.5 Å². The first kappa shape index (κ1) is 12.7. The first-order chi connectivity index (χ1) is 8.25. The van der Waals surface area contributed by atoms with E-state index >= 15 is 0 Å². The lowest BCUT2D eigenvalue weighted by Crippen LogP contribution is -2.12. The van der Waals surface area contributed by atoms with E-state index in [9.17, 15) is 0 Å². The van der Waals surface area contributed by atoms with Crippen molar-refractivity contribution in [3.05, 3.63) is 22.7 Å². The Bertz CT molecular complexity index is 359. The summed E-state index contributed by atoms with van der Waals surface area (Å²) in [7, 11) is 0. The van der Waals surface area contributed by atoms with Crippen molar-refractivity contribution in [1.29, 1.82) is 0 Å². The standard InChI is InChI=1S/C14H20BrNO/c15-12-7-8-13(16)14(9-12)17-10-11-5-3-1-2-4-6-11/h7-9,11H,1-6,10,16H2. The number of nitrogens with two attached hydrogens (primary N) is 1. The number of halogens is 1. The highest BCUT2D eigenvalue weighted by atomic mass is 79.9. The largest absolute Gasteiger partial charge is 0.491 e. The van der Waals surface area contributed by atoms with Crippen molar-refractivity contribution in [3.63, 3.8) is 0 Å². The van der Waals surface area contributed by atoms with Gasteiger partial charge in [-0.25, -0.2) is 0 Å². The van der Waals surface area contributed by atoms with E-state index in [1.54, 1.807) is 0 Å². The van der Waals surface area contributed by atoms with Gasteiger partial charge in [0.15, 0.2) is 0 Å². The predicted octanol–water partition coefficient (Wildman–Crippen LogP) is 4.38. The second kappa shape index (κ2) is 6.29. The molecule has 0 amide bonds. The van der Waals surface area contributed by atoms with Gasteiger partial charge in [0.25, 0.3) is 0 Å². The Balaban J connectivity index is 1.89. The highest BCUT2D eigenvalue weighted by molar-refractivity contribution is 9.10. The summed E-state index contributed by atoms with van der Waals surface area (Å²) < 4.78 is 6.87. The molecular formula is C14H20BrNO. The molecule has 1 aliphatic rings. The van der Waals surface area contributed by atoms with Gasteiger partial charge in [-0.15, -0.1) is 0 Å². The average Bonchev–Trinajstić information content (AvgIpc) is 2.59. The van der Waals surface area contributed by atoms with Crippen LogP contribution in [0.1, 0.15) is 38.5 Å². The van der Waals surface area contributed by atoms with Gasteiger partial charge in [0.05, 0.1) is 12.3 Å². The molecule has 0 heterocycles.